The third-order valence-electron chi connectivity index (χ3n) is 3.05. The molecule has 1 N–H and O–H groups in total. The Morgan fingerprint density at radius 2 is 1.69 bits per heavy atom. The summed E-state index contributed by atoms with van der Waals surface area (Å²) in [5, 5.41) is 1.88. The van der Waals surface area contributed by atoms with Gasteiger partial charge in [0, 0.05) is 0 Å². The van der Waals surface area contributed by atoms with Gasteiger partial charge in [0.15, 0.2) is 6.61 Å². The van der Waals surface area contributed by atoms with E-state index >= 15 is 0 Å². The van der Waals surface area contributed by atoms with Gasteiger partial charge in [0.05, 0.1) is 26.9 Å². The molecule has 0 aliphatic heterocycles. The van der Waals surface area contributed by atoms with Crippen LogP contribution >= 0.6 is 23.2 Å². The van der Waals surface area contributed by atoms with E-state index in [0.29, 0.717) is 6.07 Å². The summed E-state index contributed by atoms with van der Waals surface area (Å²) in [7, 11) is 0. The van der Waals surface area contributed by atoms with Crippen molar-refractivity contribution in [3.63, 3.8) is 0 Å². The van der Waals surface area contributed by atoms with Gasteiger partial charge in [-0.1, -0.05) is 23.2 Å². The lowest BCUT2D eigenvalue weighted by Gasteiger charge is -2.12. The molecule has 0 aromatic heterocycles. The van der Waals surface area contributed by atoms with Crippen LogP contribution in [-0.2, 0) is 15.7 Å². The van der Waals surface area contributed by atoms with Crippen LogP contribution in [0.2, 0.25) is 10.0 Å². The van der Waals surface area contributed by atoms with Gasteiger partial charge in [0.1, 0.15) is 5.82 Å². The Kier molecular flexibility index (Phi) is 6.09. The molecule has 0 bridgehead atoms. The Hall–Kier alpha value is -2.32. The first-order valence-electron chi connectivity index (χ1n) is 6.86. The van der Waals surface area contributed by atoms with Crippen LogP contribution < -0.4 is 5.32 Å². The standard InChI is InChI=1S/C16H9Cl2F4NO3/c17-11-4-2-9(19)6-10(11)15(25)26-7-14(24)23-13-5-8(16(20,21)22)1-3-12(13)18/h1-6H,7H2,(H,23,24). The molecule has 2 aromatic carbocycles. The number of esters is 1. The van der Waals surface area contributed by atoms with Crippen LogP contribution in [-0.4, -0.2) is 18.5 Å². The number of nitrogens with one attached hydrogen (secondary N) is 1. The molecule has 0 radical (unpaired) electrons. The smallest absolute Gasteiger partial charge is 0.416 e. The number of hydrogen-bond donors (Lipinski definition) is 1. The largest absolute Gasteiger partial charge is 0.452 e. The lowest BCUT2D eigenvalue weighted by molar-refractivity contribution is -0.137. The summed E-state index contributed by atoms with van der Waals surface area (Å²) < 4.78 is 55.8. The molecule has 2 rings (SSSR count). The first kappa shape index (κ1) is 20.0. The van der Waals surface area contributed by atoms with Crippen molar-refractivity contribution in [3.05, 3.63) is 63.4 Å². The average Bonchev–Trinajstić information content (AvgIpc) is 2.55. The van der Waals surface area contributed by atoms with Crippen molar-refractivity contribution in [3.8, 4) is 0 Å². The van der Waals surface area contributed by atoms with Gasteiger partial charge in [-0.2, -0.15) is 13.2 Å². The van der Waals surface area contributed by atoms with E-state index < -0.39 is 36.0 Å². The number of carbonyl (C=O) groups excluding carboxylic acids is 2. The minimum atomic E-state index is -4.62. The van der Waals surface area contributed by atoms with Crippen molar-refractivity contribution >= 4 is 40.8 Å². The number of carbonyl (C=O) groups is 2. The van der Waals surface area contributed by atoms with Crippen molar-refractivity contribution in [2.24, 2.45) is 0 Å². The third kappa shape index (κ3) is 5.09. The fourth-order valence-corrected chi connectivity index (χ4v) is 2.21. The van der Waals surface area contributed by atoms with E-state index in [1.807, 2.05) is 0 Å². The molecule has 2 aromatic rings. The van der Waals surface area contributed by atoms with Gasteiger partial charge in [-0.3, -0.25) is 4.79 Å². The summed E-state index contributed by atoms with van der Waals surface area (Å²) in [5.74, 6) is -2.74. The minimum absolute atomic E-state index is 0.0854. The first-order chi connectivity index (χ1) is 12.1. The second-order valence-electron chi connectivity index (χ2n) is 4.94. The SMILES string of the molecule is O=C(COC(=O)c1cc(F)ccc1Cl)Nc1cc(C(F)(F)F)ccc1Cl. The van der Waals surface area contributed by atoms with E-state index in [9.17, 15) is 27.2 Å². The molecule has 0 unspecified atom stereocenters. The van der Waals surface area contributed by atoms with Crippen LogP contribution in [0.25, 0.3) is 0 Å². The number of halogens is 6. The maximum atomic E-state index is 13.1. The first-order valence-corrected chi connectivity index (χ1v) is 7.62. The van der Waals surface area contributed by atoms with Crippen LogP contribution in [0.4, 0.5) is 23.2 Å². The van der Waals surface area contributed by atoms with Gasteiger partial charge in [-0.05, 0) is 36.4 Å². The molecular weight excluding hydrogens is 401 g/mol. The number of rotatable bonds is 4. The van der Waals surface area contributed by atoms with Gasteiger partial charge < -0.3 is 10.1 Å². The minimum Gasteiger partial charge on any atom is -0.452 e. The van der Waals surface area contributed by atoms with Gasteiger partial charge in [-0.15, -0.1) is 0 Å². The van der Waals surface area contributed by atoms with E-state index in [2.05, 4.69) is 10.1 Å². The summed E-state index contributed by atoms with van der Waals surface area (Å²) in [4.78, 5) is 23.6. The van der Waals surface area contributed by atoms with E-state index in [1.165, 1.54) is 0 Å². The zero-order valence-corrected chi connectivity index (χ0v) is 14.2. The van der Waals surface area contributed by atoms with Crippen LogP contribution in [0.15, 0.2) is 36.4 Å². The van der Waals surface area contributed by atoms with Gasteiger partial charge in [-0.25, -0.2) is 9.18 Å². The molecule has 0 fully saturated rings. The highest BCUT2D eigenvalue weighted by molar-refractivity contribution is 6.34. The number of anilines is 1. The Labute approximate surface area is 154 Å². The van der Waals surface area contributed by atoms with Gasteiger partial charge in [0.2, 0.25) is 0 Å². The lowest BCUT2D eigenvalue weighted by Crippen LogP contribution is -2.21. The maximum Gasteiger partial charge on any atom is 0.416 e. The molecular formula is C16H9Cl2F4NO3. The van der Waals surface area contributed by atoms with E-state index in [1.54, 1.807) is 0 Å². The summed E-state index contributed by atoms with van der Waals surface area (Å²) in [5.41, 5.74) is -1.61. The number of alkyl halides is 3. The fourth-order valence-electron chi connectivity index (χ4n) is 1.85. The van der Waals surface area contributed by atoms with E-state index in [0.717, 1.165) is 30.3 Å². The van der Waals surface area contributed by atoms with Crippen molar-refractivity contribution < 1.29 is 31.9 Å². The molecule has 1 amide bonds. The molecule has 10 heteroatoms. The molecule has 138 valence electrons. The van der Waals surface area contributed by atoms with Gasteiger partial charge in [0.25, 0.3) is 5.91 Å². The predicted molar refractivity (Wildman–Crippen MR) is 86.8 cm³/mol. The normalized spacial score (nSPS) is 11.2. The Morgan fingerprint density at radius 1 is 1.04 bits per heavy atom. The van der Waals surface area contributed by atoms with E-state index in [4.69, 9.17) is 23.2 Å². The van der Waals surface area contributed by atoms with Crippen LogP contribution in [0.5, 0.6) is 0 Å². The summed E-state index contributed by atoms with van der Waals surface area (Å²) in [6.07, 6.45) is -4.62. The summed E-state index contributed by atoms with van der Waals surface area (Å²) in [6, 6.07) is 5.36. The second kappa shape index (κ2) is 7.92. The van der Waals surface area contributed by atoms with Crippen LogP contribution in [0.1, 0.15) is 15.9 Å². The zero-order chi connectivity index (χ0) is 19.5. The molecule has 0 aliphatic rings. The summed E-state index contributed by atoms with van der Waals surface area (Å²) >= 11 is 11.5. The quantitative estimate of drug-likeness (QED) is 0.574. The third-order valence-corrected chi connectivity index (χ3v) is 3.71. The molecule has 26 heavy (non-hydrogen) atoms. The number of hydrogen-bond acceptors (Lipinski definition) is 3. The topological polar surface area (TPSA) is 55.4 Å². The molecule has 4 nitrogen and oxygen atoms in total. The molecule has 0 saturated carbocycles. The highest BCUT2D eigenvalue weighted by Gasteiger charge is 2.31. The molecule has 0 atom stereocenters. The molecule has 0 aliphatic carbocycles. The predicted octanol–water partition coefficient (Wildman–Crippen LogP) is 4.95. The maximum absolute atomic E-state index is 13.1. The number of amides is 1. The zero-order valence-electron chi connectivity index (χ0n) is 12.7. The van der Waals surface area contributed by atoms with Crippen LogP contribution in [0, 0.1) is 5.82 Å². The summed E-state index contributed by atoms with van der Waals surface area (Å²) in [6.45, 7) is -0.835. The lowest BCUT2D eigenvalue weighted by atomic mass is 10.2. The number of ether oxygens (including phenoxy) is 1. The number of benzene rings is 2. The Balaban J connectivity index is 2.03. The molecule has 0 heterocycles. The van der Waals surface area contributed by atoms with Crippen molar-refractivity contribution in [2.45, 2.75) is 6.18 Å². The molecule has 0 saturated heterocycles. The monoisotopic (exact) mass is 409 g/mol. The van der Waals surface area contributed by atoms with Gasteiger partial charge >= 0.3 is 12.1 Å². The second-order valence-corrected chi connectivity index (χ2v) is 5.76. The highest BCUT2D eigenvalue weighted by Crippen LogP contribution is 2.33. The molecule has 0 spiro atoms. The van der Waals surface area contributed by atoms with Crippen molar-refractivity contribution in [1.29, 1.82) is 0 Å². The van der Waals surface area contributed by atoms with E-state index in [-0.39, 0.29) is 21.3 Å². The average molecular weight is 410 g/mol. The van der Waals surface area contributed by atoms with Crippen molar-refractivity contribution in [2.75, 3.05) is 11.9 Å². The van der Waals surface area contributed by atoms with Crippen LogP contribution in [0.3, 0.4) is 0 Å². The fraction of sp³-hybridized carbons (Fsp3) is 0.125. The Morgan fingerprint density at radius 3 is 2.35 bits per heavy atom. The Bertz CT molecular complexity index is 856. The highest BCUT2D eigenvalue weighted by atomic mass is 35.5. The van der Waals surface area contributed by atoms with Crippen molar-refractivity contribution in [1.82, 2.24) is 0 Å².